The highest BCUT2D eigenvalue weighted by atomic mass is 35.5. The van der Waals surface area contributed by atoms with Gasteiger partial charge in [-0.25, -0.2) is 4.98 Å². The van der Waals surface area contributed by atoms with Crippen LogP contribution in [0.3, 0.4) is 0 Å². The van der Waals surface area contributed by atoms with Gasteiger partial charge in [-0.2, -0.15) is 0 Å². The molecule has 3 heterocycles. The van der Waals surface area contributed by atoms with Crippen LogP contribution in [0, 0.1) is 0 Å². The van der Waals surface area contributed by atoms with Crippen LogP contribution in [-0.2, 0) is 0 Å². The lowest BCUT2D eigenvalue weighted by atomic mass is 10.2. The molecule has 144 valence electrons. The Bertz CT molecular complexity index is 601. The van der Waals surface area contributed by atoms with Crippen molar-refractivity contribution in [2.24, 2.45) is 4.99 Å². The van der Waals surface area contributed by atoms with Crippen molar-refractivity contribution in [1.29, 1.82) is 0 Å². The van der Waals surface area contributed by atoms with Gasteiger partial charge >= 0.3 is 0 Å². The Morgan fingerprint density at radius 3 is 2.88 bits per heavy atom. The van der Waals surface area contributed by atoms with E-state index in [1.807, 2.05) is 19.2 Å². The van der Waals surface area contributed by atoms with E-state index in [1.165, 1.54) is 32.4 Å². The Morgan fingerprint density at radius 1 is 1.38 bits per heavy atom. The van der Waals surface area contributed by atoms with Crippen molar-refractivity contribution in [2.45, 2.75) is 44.7 Å². The van der Waals surface area contributed by atoms with Crippen LogP contribution in [0.1, 0.15) is 32.6 Å². The van der Waals surface area contributed by atoms with E-state index in [1.54, 1.807) is 6.20 Å². The topological polar surface area (TPSA) is 55.8 Å². The van der Waals surface area contributed by atoms with Gasteiger partial charge in [0.25, 0.3) is 0 Å². The smallest absolute Gasteiger partial charge is 0.191 e. The average molecular weight is 379 g/mol. The largest absolute Gasteiger partial charge is 0.355 e. The zero-order valence-electron chi connectivity index (χ0n) is 15.9. The van der Waals surface area contributed by atoms with Crippen LogP contribution in [0.2, 0.25) is 5.02 Å². The minimum absolute atomic E-state index is 0.353. The molecule has 2 aliphatic rings. The molecule has 7 heteroatoms. The van der Waals surface area contributed by atoms with Gasteiger partial charge in [-0.1, -0.05) is 18.5 Å². The van der Waals surface area contributed by atoms with Crippen LogP contribution < -0.4 is 15.5 Å². The molecule has 2 atom stereocenters. The molecular weight excluding hydrogens is 348 g/mol. The lowest BCUT2D eigenvalue weighted by Crippen LogP contribution is -2.49. The van der Waals surface area contributed by atoms with E-state index in [4.69, 9.17) is 11.6 Å². The highest BCUT2D eigenvalue weighted by Crippen LogP contribution is 2.25. The Labute approximate surface area is 162 Å². The molecule has 6 nitrogen and oxygen atoms in total. The number of nitrogens with zero attached hydrogens (tertiary/aromatic N) is 4. The molecule has 2 aliphatic heterocycles. The number of halogens is 1. The number of rotatable bonds is 6. The van der Waals surface area contributed by atoms with Crippen molar-refractivity contribution < 1.29 is 0 Å². The van der Waals surface area contributed by atoms with Crippen LogP contribution in [0.4, 0.5) is 5.82 Å². The number of guanidine groups is 1. The van der Waals surface area contributed by atoms with Gasteiger partial charge in [0.05, 0.1) is 5.02 Å². The van der Waals surface area contributed by atoms with E-state index >= 15 is 0 Å². The fourth-order valence-electron chi connectivity index (χ4n) is 3.92. The molecule has 0 aromatic carbocycles. The van der Waals surface area contributed by atoms with Gasteiger partial charge in [-0.3, -0.25) is 9.89 Å². The molecule has 2 N–H and O–H groups in total. The maximum absolute atomic E-state index is 6.28. The molecule has 0 aliphatic carbocycles. The van der Waals surface area contributed by atoms with Crippen LogP contribution in [-0.4, -0.2) is 67.7 Å². The second-order valence-electron chi connectivity index (χ2n) is 7.14. The number of pyridine rings is 1. The molecule has 0 bridgehead atoms. The molecule has 2 fully saturated rings. The summed E-state index contributed by atoms with van der Waals surface area (Å²) in [5.74, 6) is 1.77. The zero-order chi connectivity index (χ0) is 18.4. The summed E-state index contributed by atoms with van der Waals surface area (Å²) in [5.41, 5.74) is 0. The van der Waals surface area contributed by atoms with Crippen LogP contribution in [0.5, 0.6) is 0 Å². The summed E-state index contributed by atoms with van der Waals surface area (Å²) in [5, 5.41) is 7.80. The number of hydrogen-bond donors (Lipinski definition) is 2. The molecule has 26 heavy (non-hydrogen) atoms. The monoisotopic (exact) mass is 378 g/mol. The van der Waals surface area contributed by atoms with Crippen molar-refractivity contribution in [1.82, 2.24) is 20.5 Å². The maximum Gasteiger partial charge on any atom is 0.191 e. The third-order valence-corrected chi connectivity index (χ3v) is 5.72. The first kappa shape index (κ1) is 19.2. The number of aromatic nitrogens is 1. The van der Waals surface area contributed by atoms with Gasteiger partial charge in [0.15, 0.2) is 5.96 Å². The third-order valence-electron chi connectivity index (χ3n) is 5.42. The fraction of sp³-hybridized carbons (Fsp3) is 0.684. The highest BCUT2D eigenvalue weighted by molar-refractivity contribution is 6.32. The number of nitrogens with one attached hydrogen (secondary N) is 2. The van der Waals surface area contributed by atoms with Gasteiger partial charge < -0.3 is 15.5 Å². The highest BCUT2D eigenvalue weighted by Gasteiger charge is 2.26. The third kappa shape index (κ3) is 4.80. The van der Waals surface area contributed by atoms with Crippen molar-refractivity contribution in [3.8, 4) is 0 Å². The minimum Gasteiger partial charge on any atom is -0.355 e. The van der Waals surface area contributed by atoms with Crippen LogP contribution >= 0.6 is 11.6 Å². The number of anilines is 1. The van der Waals surface area contributed by atoms with Gasteiger partial charge in [0.1, 0.15) is 5.82 Å². The maximum atomic E-state index is 6.28. The standard InChI is InChI=1S/C19H31ClN6/c1-3-16(25-10-4-5-11-25)13-23-19(21-2)24-15-8-12-26(14-15)18-17(20)7-6-9-22-18/h6-7,9,15-16H,3-5,8,10-14H2,1-2H3,(H2,21,23,24). The average Bonchev–Trinajstić information content (AvgIpc) is 3.34. The first-order valence-corrected chi connectivity index (χ1v) is 10.2. The lowest BCUT2D eigenvalue weighted by Gasteiger charge is -2.28. The molecule has 0 saturated carbocycles. The second kappa shape index (κ2) is 9.42. The summed E-state index contributed by atoms with van der Waals surface area (Å²) in [6.07, 6.45) is 6.68. The van der Waals surface area contributed by atoms with Crippen LogP contribution in [0.25, 0.3) is 0 Å². The molecule has 0 radical (unpaired) electrons. The van der Waals surface area contributed by atoms with Gasteiger partial charge in [0.2, 0.25) is 0 Å². The van der Waals surface area contributed by atoms with Crippen molar-refractivity contribution in [2.75, 3.05) is 44.7 Å². The molecule has 0 amide bonds. The lowest BCUT2D eigenvalue weighted by molar-refractivity contribution is 0.236. The van der Waals surface area contributed by atoms with Gasteiger partial charge in [-0.15, -0.1) is 0 Å². The predicted molar refractivity (Wildman–Crippen MR) is 109 cm³/mol. The summed E-state index contributed by atoms with van der Waals surface area (Å²) in [6.45, 7) is 7.52. The van der Waals surface area contributed by atoms with Crippen molar-refractivity contribution in [3.05, 3.63) is 23.4 Å². The van der Waals surface area contributed by atoms with E-state index in [-0.39, 0.29) is 0 Å². The first-order valence-electron chi connectivity index (χ1n) is 9.78. The Balaban J connectivity index is 1.49. The molecule has 0 spiro atoms. The number of aliphatic imine (C=N–C) groups is 1. The number of hydrogen-bond acceptors (Lipinski definition) is 4. The van der Waals surface area contributed by atoms with Crippen molar-refractivity contribution in [3.63, 3.8) is 0 Å². The van der Waals surface area contributed by atoms with E-state index < -0.39 is 0 Å². The van der Waals surface area contributed by atoms with Gasteiger partial charge in [-0.05, 0) is 50.9 Å². The zero-order valence-corrected chi connectivity index (χ0v) is 16.7. The summed E-state index contributed by atoms with van der Waals surface area (Å²) < 4.78 is 0. The Hall–Kier alpha value is -1.53. The summed E-state index contributed by atoms with van der Waals surface area (Å²) >= 11 is 6.28. The molecular formula is C19H31ClN6. The van der Waals surface area contributed by atoms with Crippen LogP contribution in [0.15, 0.2) is 23.3 Å². The molecule has 2 unspecified atom stereocenters. The second-order valence-corrected chi connectivity index (χ2v) is 7.55. The molecule has 1 aromatic rings. The predicted octanol–water partition coefficient (Wildman–Crippen LogP) is 2.35. The summed E-state index contributed by atoms with van der Waals surface area (Å²) in [4.78, 5) is 13.7. The SMILES string of the molecule is CCC(CNC(=NC)NC1CCN(c2ncccc2Cl)C1)N1CCCC1. The Morgan fingerprint density at radius 2 is 2.19 bits per heavy atom. The van der Waals surface area contributed by atoms with E-state index in [0.717, 1.165) is 37.8 Å². The van der Waals surface area contributed by atoms with Gasteiger partial charge in [0, 0.05) is 45.0 Å². The molecule has 2 saturated heterocycles. The van der Waals surface area contributed by atoms with E-state index in [9.17, 15) is 0 Å². The minimum atomic E-state index is 0.353. The summed E-state index contributed by atoms with van der Waals surface area (Å²) in [7, 11) is 1.84. The fourth-order valence-corrected chi connectivity index (χ4v) is 4.16. The van der Waals surface area contributed by atoms with E-state index in [0.29, 0.717) is 17.1 Å². The number of likely N-dealkylation sites (tertiary alicyclic amines) is 1. The quantitative estimate of drug-likeness (QED) is 0.588. The van der Waals surface area contributed by atoms with Crippen molar-refractivity contribution >= 4 is 23.4 Å². The normalized spacial score (nSPS) is 22.7. The Kier molecular flexibility index (Phi) is 6.97. The molecule has 1 aromatic heterocycles. The first-order chi connectivity index (χ1) is 12.7. The summed E-state index contributed by atoms with van der Waals surface area (Å²) in [6, 6.07) is 4.71. The molecule has 3 rings (SSSR count). The van der Waals surface area contributed by atoms with E-state index in [2.05, 4.69) is 37.3 Å².